The Hall–Kier alpha value is -4.11. The average Bonchev–Trinajstić information content (AvgIpc) is 3.35. The number of nitrogens with one attached hydrogen (secondary N) is 2. The van der Waals surface area contributed by atoms with Crippen LogP contribution in [0.2, 0.25) is 0 Å². The molecule has 0 radical (unpaired) electrons. The Kier molecular flexibility index (Phi) is 7.81. The molecule has 1 fully saturated rings. The van der Waals surface area contributed by atoms with Gasteiger partial charge in [0.1, 0.15) is 12.9 Å². The summed E-state index contributed by atoms with van der Waals surface area (Å²) in [6, 6.07) is 15.5. The third-order valence-corrected chi connectivity index (χ3v) is 6.70. The van der Waals surface area contributed by atoms with Crippen LogP contribution in [0.3, 0.4) is 0 Å². The fourth-order valence-electron chi connectivity index (χ4n) is 4.71. The molecule has 192 valence electrons. The van der Waals surface area contributed by atoms with Crippen molar-refractivity contribution in [1.29, 1.82) is 0 Å². The summed E-state index contributed by atoms with van der Waals surface area (Å²) in [5, 5.41) is 3.98. The number of hydrogen-bond donors (Lipinski definition) is 2. The predicted octanol–water partition coefficient (Wildman–Crippen LogP) is 4.47. The number of aromatic nitrogens is 3. The van der Waals surface area contributed by atoms with Crippen LogP contribution < -0.4 is 15.0 Å². The van der Waals surface area contributed by atoms with Gasteiger partial charge in [0.05, 0.1) is 13.3 Å². The Morgan fingerprint density at radius 2 is 1.95 bits per heavy atom. The molecule has 0 aliphatic carbocycles. The van der Waals surface area contributed by atoms with Gasteiger partial charge in [0.25, 0.3) is 0 Å². The molecule has 2 N–H and O–H groups in total. The van der Waals surface area contributed by atoms with E-state index in [0.29, 0.717) is 5.75 Å². The number of hydrogen-bond acceptors (Lipinski definition) is 7. The van der Waals surface area contributed by atoms with Crippen molar-refractivity contribution in [3.05, 3.63) is 78.4 Å². The van der Waals surface area contributed by atoms with Gasteiger partial charge in [-0.1, -0.05) is 30.3 Å². The zero-order chi connectivity index (χ0) is 25.5. The van der Waals surface area contributed by atoms with E-state index in [9.17, 15) is 4.79 Å². The summed E-state index contributed by atoms with van der Waals surface area (Å²) in [7, 11) is 1.65. The molecule has 1 aliphatic rings. The van der Waals surface area contributed by atoms with E-state index in [2.05, 4.69) is 36.3 Å². The molecule has 0 unspecified atom stereocenters. The molecule has 4 aromatic rings. The fraction of sp³-hybridized carbons (Fsp3) is 0.321. The normalized spacial score (nSPS) is 14.0. The Morgan fingerprint density at radius 3 is 2.76 bits per heavy atom. The van der Waals surface area contributed by atoms with Gasteiger partial charge in [0, 0.05) is 49.0 Å². The highest BCUT2D eigenvalue weighted by molar-refractivity contribution is 5.91. The van der Waals surface area contributed by atoms with E-state index in [-0.39, 0.29) is 6.61 Å². The first-order valence-corrected chi connectivity index (χ1v) is 12.6. The van der Waals surface area contributed by atoms with Crippen molar-refractivity contribution in [2.24, 2.45) is 0 Å². The minimum absolute atomic E-state index is 0.241. The van der Waals surface area contributed by atoms with Crippen molar-refractivity contribution < 1.29 is 14.3 Å². The fourth-order valence-corrected chi connectivity index (χ4v) is 4.71. The number of aryl methyl sites for hydroxylation is 1. The molecule has 0 atom stereocenters. The van der Waals surface area contributed by atoms with E-state index in [1.807, 2.05) is 48.5 Å². The van der Waals surface area contributed by atoms with E-state index in [1.54, 1.807) is 19.6 Å². The van der Waals surface area contributed by atoms with E-state index in [1.165, 1.54) is 5.56 Å². The largest absolute Gasteiger partial charge is 0.491 e. The van der Waals surface area contributed by atoms with Gasteiger partial charge in [0.2, 0.25) is 0 Å². The highest BCUT2D eigenvalue weighted by Gasteiger charge is 2.20. The van der Waals surface area contributed by atoms with Crippen LogP contribution in [0, 0.1) is 0 Å². The van der Waals surface area contributed by atoms with Gasteiger partial charge in [-0.05, 0) is 48.7 Å². The Balaban J connectivity index is 1.11. The van der Waals surface area contributed by atoms with Crippen molar-refractivity contribution in [3.8, 4) is 5.75 Å². The van der Waals surface area contributed by atoms with Gasteiger partial charge in [-0.15, -0.1) is 0 Å². The Labute approximate surface area is 216 Å². The highest BCUT2D eigenvalue weighted by Crippen LogP contribution is 2.26. The number of methoxy groups -OCH3 is 1. The van der Waals surface area contributed by atoms with Gasteiger partial charge < -0.3 is 19.4 Å². The summed E-state index contributed by atoms with van der Waals surface area (Å²) >= 11 is 0. The number of H-pyrrole nitrogens is 1. The predicted molar refractivity (Wildman–Crippen MR) is 144 cm³/mol. The Morgan fingerprint density at radius 1 is 1.11 bits per heavy atom. The summed E-state index contributed by atoms with van der Waals surface area (Å²) in [6.45, 7) is 5.07. The van der Waals surface area contributed by atoms with Gasteiger partial charge in [0.15, 0.2) is 11.6 Å². The second kappa shape index (κ2) is 11.7. The number of nitrogens with zero attached hydrogens (tertiary/aromatic N) is 4. The van der Waals surface area contributed by atoms with Crippen LogP contribution in [0.15, 0.2) is 67.3 Å². The van der Waals surface area contributed by atoms with Crippen LogP contribution in [-0.2, 0) is 17.8 Å². The molecule has 0 bridgehead atoms. The zero-order valence-corrected chi connectivity index (χ0v) is 21.0. The maximum Gasteiger partial charge on any atom is 0.411 e. The number of aromatic amines is 1. The van der Waals surface area contributed by atoms with Crippen LogP contribution in [0.25, 0.3) is 10.9 Å². The lowest BCUT2D eigenvalue weighted by molar-refractivity contribution is 0.155. The number of ether oxygens (including phenoxy) is 2. The molecule has 9 heteroatoms. The molecule has 5 rings (SSSR count). The molecule has 2 aromatic carbocycles. The molecule has 37 heavy (non-hydrogen) atoms. The molecular weight excluding hydrogens is 468 g/mol. The maximum atomic E-state index is 12.3. The minimum Gasteiger partial charge on any atom is -0.491 e. The first-order chi connectivity index (χ1) is 18.2. The number of carbonyl (C=O) groups excluding carboxylic acids is 1. The summed E-state index contributed by atoms with van der Waals surface area (Å²) < 4.78 is 10.8. The van der Waals surface area contributed by atoms with Gasteiger partial charge in [-0.25, -0.2) is 14.8 Å². The second-order valence-corrected chi connectivity index (χ2v) is 9.11. The van der Waals surface area contributed by atoms with E-state index >= 15 is 0 Å². The molecule has 3 heterocycles. The van der Waals surface area contributed by atoms with Crippen molar-refractivity contribution in [2.75, 3.05) is 50.1 Å². The summed E-state index contributed by atoms with van der Waals surface area (Å²) in [5.74, 6) is 1.58. The lowest BCUT2D eigenvalue weighted by Crippen LogP contribution is -2.47. The zero-order valence-electron chi connectivity index (χ0n) is 21.0. The third-order valence-electron chi connectivity index (χ3n) is 6.70. The van der Waals surface area contributed by atoms with Gasteiger partial charge >= 0.3 is 6.09 Å². The molecule has 0 saturated carbocycles. The monoisotopic (exact) mass is 500 g/mol. The maximum absolute atomic E-state index is 12.3. The molecular formula is C28H32N6O3. The topological polar surface area (TPSA) is 95.6 Å². The van der Waals surface area contributed by atoms with E-state index in [4.69, 9.17) is 9.47 Å². The lowest BCUT2D eigenvalue weighted by Gasteiger charge is -2.35. The molecule has 1 amide bonds. The highest BCUT2D eigenvalue weighted by atomic mass is 16.5. The molecule has 0 spiro atoms. The SMILES string of the molecule is COc1cncnc1N1CCN(CCCc2c[nH]c3ccc(NC(=O)OCc4ccccc4)cc23)CC1. The lowest BCUT2D eigenvalue weighted by atomic mass is 10.1. The van der Waals surface area contributed by atoms with E-state index in [0.717, 1.165) is 73.5 Å². The van der Waals surface area contributed by atoms with E-state index < -0.39 is 6.09 Å². The molecule has 2 aromatic heterocycles. The number of benzene rings is 2. The summed E-state index contributed by atoms with van der Waals surface area (Å²) in [4.78, 5) is 28.8. The number of rotatable bonds is 9. The number of amides is 1. The summed E-state index contributed by atoms with van der Waals surface area (Å²) in [6.07, 6.45) is 6.91. The first kappa shape index (κ1) is 24.6. The van der Waals surface area contributed by atoms with Crippen LogP contribution in [0.4, 0.5) is 16.3 Å². The summed E-state index contributed by atoms with van der Waals surface area (Å²) in [5.41, 5.74) is 3.99. The van der Waals surface area contributed by atoms with Crippen molar-refractivity contribution >= 4 is 28.5 Å². The number of piperazine rings is 1. The molecule has 9 nitrogen and oxygen atoms in total. The van der Waals surface area contributed by atoms with Gasteiger partial charge in [-0.2, -0.15) is 0 Å². The molecule has 1 aliphatic heterocycles. The molecule has 1 saturated heterocycles. The number of fused-ring (bicyclic) bond motifs is 1. The van der Waals surface area contributed by atoms with Crippen molar-refractivity contribution in [1.82, 2.24) is 19.9 Å². The second-order valence-electron chi connectivity index (χ2n) is 9.11. The number of carbonyl (C=O) groups is 1. The van der Waals surface area contributed by atoms with Crippen LogP contribution in [0.5, 0.6) is 5.75 Å². The Bertz CT molecular complexity index is 1320. The van der Waals surface area contributed by atoms with Crippen LogP contribution in [0.1, 0.15) is 17.5 Å². The van der Waals surface area contributed by atoms with Gasteiger partial charge in [-0.3, -0.25) is 10.2 Å². The van der Waals surface area contributed by atoms with Crippen LogP contribution in [-0.4, -0.2) is 65.8 Å². The first-order valence-electron chi connectivity index (χ1n) is 12.6. The van der Waals surface area contributed by atoms with Crippen LogP contribution >= 0.6 is 0 Å². The number of anilines is 2. The average molecular weight is 501 g/mol. The van der Waals surface area contributed by atoms with Crippen molar-refractivity contribution in [2.45, 2.75) is 19.4 Å². The third kappa shape index (κ3) is 6.18. The smallest absolute Gasteiger partial charge is 0.411 e. The standard InChI is InChI=1S/C28H32N6O3/c1-36-26-18-29-20-31-27(26)34-14-12-33(13-15-34)11-5-8-22-17-30-25-10-9-23(16-24(22)25)32-28(35)37-19-21-6-3-2-4-7-21/h2-4,6-7,9-10,16-18,20,30H,5,8,11-15,19H2,1H3,(H,32,35). The minimum atomic E-state index is -0.459. The quantitative estimate of drug-likeness (QED) is 0.350. The van der Waals surface area contributed by atoms with Crippen molar-refractivity contribution in [3.63, 3.8) is 0 Å².